The van der Waals surface area contributed by atoms with Crippen molar-refractivity contribution in [3.63, 3.8) is 0 Å². The third-order valence-electron chi connectivity index (χ3n) is 4.13. The predicted molar refractivity (Wildman–Crippen MR) is 72.2 cm³/mol. The van der Waals surface area contributed by atoms with Crippen LogP contribution in [-0.4, -0.2) is 13.1 Å². The molecule has 2 aliphatic rings. The SMILES string of the molecule is N[C@@H](c1ccc(N2CCCCC2)cc1)C1CC1. The number of rotatable bonds is 3. The first-order chi connectivity index (χ1) is 8.34. The summed E-state index contributed by atoms with van der Waals surface area (Å²) in [4.78, 5) is 2.50. The minimum Gasteiger partial charge on any atom is -0.372 e. The van der Waals surface area contributed by atoms with Gasteiger partial charge in [0, 0.05) is 24.8 Å². The molecule has 92 valence electrons. The Morgan fingerprint density at radius 3 is 2.24 bits per heavy atom. The first-order valence-corrected chi connectivity index (χ1v) is 6.95. The van der Waals surface area contributed by atoms with E-state index in [2.05, 4.69) is 29.2 Å². The Bertz CT molecular complexity index is 361. The fraction of sp³-hybridized carbons (Fsp3) is 0.600. The van der Waals surface area contributed by atoms with E-state index in [9.17, 15) is 0 Å². The van der Waals surface area contributed by atoms with Gasteiger partial charge in [-0.2, -0.15) is 0 Å². The van der Waals surface area contributed by atoms with E-state index in [1.165, 1.54) is 56.4 Å². The number of hydrogen-bond acceptors (Lipinski definition) is 2. The predicted octanol–water partition coefficient (Wildman–Crippen LogP) is 3.09. The molecular formula is C15H22N2. The first-order valence-electron chi connectivity index (χ1n) is 6.95. The molecule has 2 nitrogen and oxygen atoms in total. The summed E-state index contributed by atoms with van der Waals surface area (Å²) < 4.78 is 0. The highest BCUT2D eigenvalue weighted by Gasteiger charge is 2.29. The van der Waals surface area contributed by atoms with Crippen molar-refractivity contribution in [3.8, 4) is 0 Å². The molecule has 1 aromatic carbocycles. The lowest BCUT2D eigenvalue weighted by Crippen LogP contribution is -2.29. The van der Waals surface area contributed by atoms with Crippen LogP contribution in [-0.2, 0) is 0 Å². The van der Waals surface area contributed by atoms with Gasteiger partial charge in [-0.05, 0) is 55.7 Å². The van der Waals surface area contributed by atoms with Crippen molar-refractivity contribution in [3.05, 3.63) is 29.8 Å². The molecule has 1 atom stereocenters. The van der Waals surface area contributed by atoms with Crippen molar-refractivity contribution in [1.29, 1.82) is 0 Å². The minimum atomic E-state index is 0.269. The molecule has 1 aromatic rings. The van der Waals surface area contributed by atoms with E-state index >= 15 is 0 Å². The maximum Gasteiger partial charge on any atom is 0.0366 e. The lowest BCUT2D eigenvalue weighted by molar-refractivity contribution is 0.577. The lowest BCUT2D eigenvalue weighted by Gasteiger charge is -2.29. The Balaban J connectivity index is 1.70. The Morgan fingerprint density at radius 1 is 1.00 bits per heavy atom. The molecule has 1 aliphatic carbocycles. The highest BCUT2D eigenvalue weighted by molar-refractivity contribution is 5.48. The van der Waals surface area contributed by atoms with Crippen LogP contribution in [0.5, 0.6) is 0 Å². The van der Waals surface area contributed by atoms with Crippen LogP contribution >= 0.6 is 0 Å². The van der Waals surface area contributed by atoms with Gasteiger partial charge in [-0.3, -0.25) is 0 Å². The summed E-state index contributed by atoms with van der Waals surface area (Å²) in [5, 5.41) is 0. The number of benzene rings is 1. The van der Waals surface area contributed by atoms with Crippen LogP contribution in [0.25, 0.3) is 0 Å². The zero-order chi connectivity index (χ0) is 11.7. The van der Waals surface area contributed by atoms with Crippen LogP contribution < -0.4 is 10.6 Å². The van der Waals surface area contributed by atoms with Gasteiger partial charge < -0.3 is 10.6 Å². The molecule has 17 heavy (non-hydrogen) atoms. The van der Waals surface area contributed by atoms with Crippen molar-refractivity contribution in [1.82, 2.24) is 0 Å². The fourth-order valence-electron chi connectivity index (χ4n) is 2.79. The van der Waals surface area contributed by atoms with E-state index in [0.29, 0.717) is 0 Å². The van der Waals surface area contributed by atoms with E-state index in [-0.39, 0.29) is 6.04 Å². The zero-order valence-electron chi connectivity index (χ0n) is 10.4. The standard InChI is InChI=1S/C15H22N2/c16-15(12-4-5-12)13-6-8-14(9-7-13)17-10-2-1-3-11-17/h6-9,12,15H,1-5,10-11,16H2/t15-/m1/s1. The Kier molecular flexibility index (Phi) is 3.06. The summed E-state index contributed by atoms with van der Waals surface area (Å²) >= 11 is 0. The quantitative estimate of drug-likeness (QED) is 0.864. The largest absolute Gasteiger partial charge is 0.372 e. The minimum absolute atomic E-state index is 0.269. The van der Waals surface area contributed by atoms with Crippen molar-refractivity contribution >= 4 is 5.69 Å². The maximum absolute atomic E-state index is 6.22. The highest BCUT2D eigenvalue weighted by Crippen LogP contribution is 2.39. The molecule has 2 heteroatoms. The third-order valence-corrected chi connectivity index (χ3v) is 4.13. The van der Waals surface area contributed by atoms with E-state index in [4.69, 9.17) is 5.73 Å². The Hall–Kier alpha value is -1.02. The molecule has 0 spiro atoms. The smallest absolute Gasteiger partial charge is 0.0366 e. The Morgan fingerprint density at radius 2 is 1.65 bits per heavy atom. The van der Waals surface area contributed by atoms with Crippen LogP contribution in [0.15, 0.2) is 24.3 Å². The molecule has 0 bridgehead atoms. The molecular weight excluding hydrogens is 208 g/mol. The van der Waals surface area contributed by atoms with Crippen molar-refractivity contribution in [2.45, 2.75) is 38.1 Å². The van der Waals surface area contributed by atoms with Crippen LogP contribution in [0.1, 0.15) is 43.7 Å². The average molecular weight is 230 g/mol. The summed E-state index contributed by atoms with van der Waals surface area (Å²) in [6, 6.07) is 9.23. The van der Waals surface area contributed by atoms with E-state index < -0.39 is 0 Å². The number of nitrogens with zero attached hydrogens (tertiary/aromatic N) is 1. The zero-order valence-corrected chi connectivity index (χ0v) is 10.4. The van der Waals surface area contributed by atoms with Crippen molar-refractivity contribution in [2.75, 3.05) is 18.0 Å². The number of piperidine rings is 1. The van der Waals surface area contributed by atoms with Crippen LogP contribution in [0, 0.1) is 5.92 Å². The van der Waals surface area contributed by atoms with Gasteiger partial charge in [0.25, 0.3) is 0 Å². The second-order valence-electron chi connectivity index (χ2n) is 5.50. The van der Waals surface area contributed by atoms with Gasteiger partial charge in [-0.25, -0.2) is 0 Å². The third kappa shape index (κ3) is 2.47. The second-order valence-corrected chi connectivity index (χ2v) is 5.50. The van der Waals surface area contributed by atoms with Gasteiger partial charge in [-0.1, -0.05) is 12.1 Å². The molecule has 2 fully saturated rings. The summed E-state index contributed by atoms with van der Waals surface area (Å²) in [6.45, 7) is 2.43. The summed E-state index contributed by atoms with van der Waals surface area (Å²) in [6.07, 6.45) is 6.69. The average Bonchev–Trinajstić information content (AvgIpc) is 3.24. The van der Waals surface area contributed by atoms with Gasteiger partial charge in [0.1, 0.15) is 0 Å². The van der Waals surface area contributed by atoms with Crippen molar-refractivity contribution < 1.29 is 0 Å². The molecule has 0 amide bonds. The van der Waals surface area contributed by atoms with Gasteiger partial charge in [0.05, 0.1) is 0 Å². The summed E-state index contributed by atoms with van der Waals surface area (Å²) in [7, 11) is 0. The Labute approximate surface area is 104 Å². The summed E-state index contributed by atoms with van der Waals surface area (Å²) in [5.41, 5.74) is 8.90. The molecule has 1 aliphatic heterocycles. The fourth-order valence-corrected chi connectivity index (χ4v) is 2.79. The van der Waals surface area contributed by atoms with Crippen LogP contribution in [0.3, 0.4) is 0 Å². The normalized spacial score (nSPS) is 22.5. The molecule has 1 saturated carbocycles. The molecule has 0 radical (unpaired) electrons. The number of nitrogens with two attached hydrogens (primary N) is 1. The van der Waals surface area contributed by atoms with E-state index in [1.54, 1.807) is 0 Å². The van der Waals surface area contributed by atoms with Crippen LogP contribution in [0.4, 0.5) is 5.69 Å². The number of hydrogen-bond donors (Lipinski definition) is 1. The molecule has 0 aromatic heterocycles. The maximum atomic E-state index is 6.22. The topological polar surface area (TPSA) is 29.3 Å². The molecule has 0 unspecified atom stereocenters. The second kappa shape index (κ2) is 4.69. The van der Waals surface area contributed by atoms with Gasteiger partial charge in [0.2, 0.25) is 0 Å². The highest BCUT2D eigenvalue weighted by atomic mass is 15.1. The number of anilines is 1. The van der Waals surface area contributed by atoms with Gasteiger partial charge in [0.15, 0.2) is 0 Å². The molecule has 3 rings (SSSR count). The van der Waals surface area contributed by atoms with E-state index in [0.717, 1.165) is 5.92 Å². The van der Waals surface area contributed by atoms with Crippen molar-refractivity contribution in [2.24, 2.45) is 11.7 Å². The monoisotopic (exact) mass is 230 g/mol. The lowest BCUT2D eigenvalue weighted by atomic mass is 10.0. The van der Waals surface area contributed by atoms with Crippen LogP contribution in [0.2, 0.25) is 0 Å². The van der Waals surface area contributed by atoms with Gasteiger partial charge >= 0.3 is 0 Å². The summed E-state index contributed by atoms with van der Waals surface area (Å²) in [5.74, 6) is 0.746. The molecule has 2 N–H and O–H groups in total. The van der Waals surface area contributed by atoms with E-state index in [1.807, 2.05) is 0 Å². The molecule has 1 heterocycles. The molecule has 1 saturated heterocycles. The van der Waals surface area contributed by atoms with Gasteiger partial charge in [-0.15, -0.1) is 0 Å². The first kappa shape index (κ1) is 11.1.